The molecule has 0 spiro atoms. The number of rotatable bonds is 10. The minimum atomic E-state index is -3.74. The number of aryl methyl sites for hydroxylation is 3. The molecule has 8 heteroatoms. The van der Waals surface area contributed by atoms with E-state index < -0.39 is 22.0 Å². The van der Waals surface area contributed by atoms with Gasteiger partial charge in [0.25, 0.3) is 0 Å². The molecule has 0 saturated heterocycles. The van der Waals surface area contributed by atoms with Crippen LogP contribution in [0.2, 0.25) is 0 Å². The van der Waals surface area contributed by atoms with Crippen molar-refractivity contribution >= 4 is 27.5 Å². The number of sulfonamides is 1. The van der Waals surface area contributed by atoms with E-state index in [2.05, 4.69) is 5.32 Å². The third-order valence-electron chi connectivity index (χ3n) is 6.98. The second-order valence-corrected chi connectivity index (χ2v) is 11.9. The van der Waals surface area contributed by atoms with E-state index in [1.807, 2.05) is 58.0 Å². The van der Waals surface area contributed by atoms with Crippen LogP contribution < -0.4 is 9.62 Å². The summed E-state index contributed by atoms with van der Waals surface area (Å²) in [4.78, 5) is 28.7. The lowest BCUT2D eigenvalue weighted by Crippen LogP contribution is -2.53. The molecule has 2 amide bonds. The van der Waals surface area contributed by atoms with Gasteiger partial charge in [0.2, 0.25) is 21.8 Å². The van der Waals surface area contributed by atoms with Crippen molar-refractivity contribution in [3.05, 3.63) is 64.7 Å². The Bertz CT molecular complexity index is 1190. The van der Waals surface area contributed by atoms with Gasteiger partial charge in [0.05, 0.1) is 11.9 Å². The highest BCUT2D eigenvalue weighted by Gasteiger charge is 2.33. The lowest BCUT2D eigenvalue weighted by molar-refractivity contribution is -0.140. The molecule has 0 heterocycles. The summed E-state index contributed by atoms with van der Waals surface area (Å²) in [6.07, 6.45) is 5.61. The molecular weight excluding hydrogens is 474 g/mol. The van der Waals surface area contributed by atoms with Crippen molar-refractivity contribution in [2.75, 3.05) is 17.1 Å². The summed E-state index contributed by atoms with van der Waals surface area (Å²) in [7, 11) is -3.74. The Morgan fingerprint density at radius 2 is 1.72 bits per heavy atom. The van der Waals surface area contributed by atoms with Crippen LogP contribution in [0.3, 0.4) is 0 Å². The summed E-state index contributed by atoms with van der Waals surface area (Å²) >= 11 is 0. The Labute approximate surface area is 215 Å². The number of carbonyl (C=O) groups is 2. The lowest BCUT2D eigenvalue weighted by atomic mass is 10.1. The van der Waals surface area contributed by atoms with Crippen LogP contribution in [0.4, 0.5) is 5.69 Å². The molecule has 0 bridgehead atoms. The summed E-state index contributed by atoms with van der Waals surface area (Å²) in [6, 6.07) is 12.6. The van der Waals surface area contributed by atoms with Crippen molar-refractivity contribution in [1.82, 2.24) is 10.2 Å². The van der Waals surface area contributed by atoms with Gasteiger partial charge < -0.3 is 10.2 Å². The first-order valence-electron chi connectivity index (χ1n) is 12.7. The average Bonchev–Trinajstić information content (AvgIpc) is 3.31. The van der Waals surface area contributed by atoms with Gasteiger partial charge in [-0.15, -0.1) is 0 Å². The maximum atomic E-state index is 13.8. The summed E-state index contributed by atoms with van der Waals surface area (Å²) in [5.74, 6) is -0.587. The van der Waals surface area contributed by atoms with Gasteiger partial charge in [-0.25, -0.2) is 8.42 Å². The van der Waals surface area contributed by atoms with Gasteiger partial charge in [0.15, 0.2) is 0 Å². The monoisotopic (exact) mass is 513 g/mol. The maximum Gasteiger partial charge on any atom is 0.244 e. The highest BCUT2D eigenvalue weighted by Crippen LogP contribution is 2.23. The van der Waals surface area contributed by atoms with Gasteiger partial charge in [-0.05, 0) is 68.9 Å². The Hall–Kier alpha value is -2.87. The number of hydrogen-bond donors (Lipinski definition) is 1. The van der Waals surface area contributed by atoms with E-state index in [0.717, 1.165) is 58.5 Å². The Morgan fingerprint density at radius 3 is 2.31 bits per heavy atom. The van der Waals surface area contributed by atoms with Crippen molar-refractivity contribution in [1.29, 1.82) is 0 Å². The number of nitrogens with zero attached hydrogens (tertiary/aromatic N) is 2. The fourth-order valence-corrected chi connectivity index (χ4v) is 5.63. The van der Waals surface area contributed by atoms with Crippen LogP contribution in [0.1, 0.15) is 61.3 Å². The zero-order valence-corrected chi connectivity index (χ0v) is 22.9. The predicted octanol–water partition coefficient (Wildman–Crippen LogP) is 4.24. The van der Waals surface area contributed by atoms with Gasteiger partial charge >= 0.3 is 0 Å². The molecule has 1 atom stereocenters. The van der Waals surface area contributed by atoms with Crippen LogP contribution in [0.5, 0.6) is 0 Å². The Morgan fingerprint density at radius 1 is 1.03 bits per heavy atom. The topological polar surface area (TPSA) is 86.8 Å². The first-order valence-corrected chi connectivity index (χ1v) is 14.5. The van der Waals surface area contributed by atoms with Crippen LogP contribution in [-0.2, 0) is 26.2 Å². The summed E-state index contributed by atoms with van der Waals surface area (Å²) < 4.78 is 26.7. The van der Waals surface area contributed by atoms with Gasteiger partial charge in [-0.2, -0.15) is 0 Å². The smallest absolute Gasteiger partial charge is 0.244 e. The molecule has 2 aromatic rings. The number of amides is 2. The largest absolute Gasteiger partial charge is 0.352 e. The standard InChI is InChI=1S/C28H39N3O4S/c1-6-26(28(33)29-24-12-7-8-13-24)30(18-23-11-9-10-20(2)16-23)27(32)19-31(36(5,34)35)25-15-14-21(3)22(4)17-25/h9-11,14-17,24,26H,6-8,12-13,18-19H2,1-5H3,(H,29,33). The second-order valence-electron chi connectivity index (χ2n) is 9.96. The van der Waals surface area contributed by atoms with Gasteiger partial charge in [-0.1, -0.05) is 55.7 Å². The third kappa shape index (κ3) is 7.09. The molecule has 3 rings (SSSR count). The van der Waals surface area contributed by atoms with E-state index in [9.17, 15) is 18.0 Å². The first-order chi connectivity index (χ1) is 17.0. The number of carbonyl (C=O) groups excluding carboxylic acids is 2. The molecule has 1 aliphatic carbocycles. The molecule has 1 unspecified atom stereocenters. The third-order valence-corrected chi connectivity index (χ3v) is 8.12. The first kappa shape index (κ1) is 27.7. The van der Waals surface area contributed by atoms with Crippen molar-refractivity contribution in [3.8, 4) is 0 Å². The van der Waals surface area contributed by atoms with E-state index in [4.69, 9.17) is 0 Å². The van der Waals surface area contributed by atoms with Crippen molar-refractivity contribution < 1.29 is 18.0 Å². The van der Waals surface area contributed by atoms with Gasteiger partial charge in [0.1, 0.15) is 12.6 Å². The van der Waals surface area contributed by atoms with Crippen molar-refractivity contribution in [2.24, 2.45) is 0 Å². The molecule has 1 N–H and O–H groups in total. The minimum Gasteiger partial charge on any atom is -0.352 e. The number of nitrogens with one attached hydrogen (secondary N) is 1. The Kier molecular flexibility index (Phi) is 9.17. The molecule has 0 radical (unpaired) electrons. The van der Waals surface area contributed by atoms with Gasteiger partial charge in [0, 0.05) is 12.6 Å². The molecule has 2 aromatic carbocycles. The normalized spacial score (nSPS) is 14.9. The highest BCUT2D eigenvalue weighted by molar-refractivity contribution is 7.92. The van der Waals surface area contributed by atoms with Crippen LogP contribution >= 0.6 is 0 Å². The molecule has 0 aromatic heterocycles. The van der Waals surface area contributed by atoms with Crippen LogP contribution in [0, 0.1) is 20.8 Å². The van der Waals surface area contributed by atoms with Crippen molar-refractivity contribution in [3.63, 3.8) is 0 Å². The number of anilines is 1. The maximum absolute atomic E-state index is 13.8. The molecule has 36 heavy (non-hydrogen) atoms. The van der Waals surface area contributed by atoms with Gasteiger partial charge in [-0.3, -0.25) is 13.9 Å². The zero-order chi connectivity index (χ0) is 26.5. The second kappa shape index (κ2) is 11.9. The van der Waals surface area contributed by atoms with E-state index in [1.165, 1.54) is 4.90 Å². The molecule has 1 fully saturated rings. The quantitative estimate of drug-likeness (QED) is 0.515. The average molecular weight is 514 g/mol. The lowest BCUT2D eigenvalue weighted by Gasteiger charge is -2.33. The fourth-order valence-electron chi connectivity index (χ4n) is 4.79. The summed E-state index contributed by atoms with van der Waals surface area (Å²) in [5.41, 5.74) is 4.36. The van der Waals surface area contributed by atoms with E-state index in [1.54, 1.807) is 12.1 Å². The van der Waals surface area contributed by atoms with E-state index in [0.29, 0.717) is 12.1 Å². The molecule has 7 nitrogen and oxygen atoms in total. The number of benzene rings is 2. The molecule has 196 valence electrons. The van der Waals surface area contributed by atoms with Crippen LogP contribution in [-0.4, -0.2) is 50.0 Å². The Balaban J connectivity index is 1.93. The van der Waals surface area contributed by atoms with E-state index >= 15 is 0 Å². The minimum absolute atomic E-state index is 0.130. The fraction of sp³-hybridized carbons (Fsp3) is 0.500. The zero-order valence-electron chi connectivity index (χ0n) is 22.1. The SMILES string of the molecule is CCC(C(=O)NC1CCCC1)N(Cc1cccc(C)c1)C(=O)CN(c1ccc(C)c(C)c1)S(C)(=O)=O. The number of hydrogen-bond acceptors (Lipinski definition) is 4. The predicted molar refractivity (Wildman–Crippen MR) is 144 cm³/mol. The van der Waals surface area contributed by atoms with Crippen LogP contribution in [0.15, 0.2) is 42.5 Å². The molecular formula is C28H39N3O4S. The molecule has 1 saturated carbocycles. The highest BCUT2D eigenvalue weighted by atomic mass is 32.2. The summed E-state index contributed by atoms with van der Waals surface area (Å²) in [6.45, 7) is 7.57. The molecule has 1 aliphatic rings. The van der Waals surface area contributed by atoms with Crippen LogP contribution in [0.25, 0.3) is 0 Å². The van der Waals surface area contributed by atoms with Crippen molar-refractivity contribution in [2.45, 2.75) is 78.4 Å². The summed E-state index contributed by atoms with van der Waals surface area (Å²) in [5, 5.41) is 3.13. The molecule has 0 aliphatic heterocycles. The van der Waals surface area contributed by atoms with E-state index in [-0.39, 0.29) is 25.0 Å².